The highest BCUT2D eigenvalue weighted by molar-refractivity contribution is 5.78. The number of hydrogen-bond donors (Lipinski definition) is 2. The minimum absolute atomic E-state index is 0.111. The van der Waals surface area contributed by atoms with Crippen molar-refractivity contribution in [1.82, 2.24) is 10.2 Å². The van der Waals surface area contributed by atoms with E-state index >= 15 is 0 Å². The van der Waals surface area contributed by atoms with E-state index in [9.17, 15) is 18.0 Å². The monoisotopic (exact) mass is 241 g/mol. The van der Waals surface area contributed by atoms with Gasteiger partial charge < -0.3 is 11.1 Å². The van der Waals surface area contributed by atoms with Gasteiger partial charge in [0, 0.05) is 12.1 Å². The van der Waals surface area contributed by atoms with Crippen LogP contribution in [0.25, 0.3) is 0 Å². The summed E-state index contributed by atoms with van der Waals surface area (Å²) in [5.74, 6) is -0.665. The summed E-state index contributed by atoms with van der Waals surface area (Å²) in [6.45, 7) is 2.52. The van der Waals surface area contributed by atoms with Gasteiger partial charge in [0.2, 0.25) is 5.91 Å². The third-order valence-corrected chi connectivity index (χ3v) is 2.40. The Bertz CT molecular complexity index is 241. The molecule has 0 rings (SSSR count). The standard InChI is InChI=1S/C9H18F3N3O/c1-8(2,5-13)15(3)4-7(16)14-6-9(10,11)12/h4-6,13H2,1-3H3,(H,14,16). The molecule has 0 saturated carbocycles. The molecular formula is C9H18F3N3O. The van der Waals surface area contributed by atoms with E-state index in [1.807, 2.05) is 13.8 Å². The third-order valence-electron chi connectivity index (χ3n) is 2.40. The molecule has 0 spiro atoms. The molecule has 0 radical (unpaired) electrons. The van der Waals surface area contributed by atoms with Crippen LogP contribution in [-0.4, -0.2) is 49.2 Å². The van der Waals surface area contributed by atoms with Crippen molar-refractivity contribution in [3.05, 3.63) is 0 Å². The highest BCUT2D eigenvalue weighted by atomic mass is 19.4. The van der Waals surface area contributed by atoms with Crippen LogP contribution in [-0.2, 0) is 4.79 Å². The summed E-state index contributed by atoms with van der Waals surface area (Å²) in [7, 11) is 1.64. The van der Waals surface area contributed by atoms with Crippen molar-refractivity contribution in [3.8, 4) is 0 Å². The number of likely N-dealkylation sites (N-methyl/N-ethyl adjacent to an activating group) is 1. The number of carbonyl (C=O) groups is 1. The highest BCUT2D eigenvalue weighted by Gasteiger charge is 2.29. The van der Waals surface area contributed by atoms with Gasteiger partial charge in [0.05, 0.1) is 6.54 Å². The normalized spacial score (nSPS) is 13.0. The number of carbonyl (C=O) groups excluding carboxylic acids is 1. The Hall–Kier alpha value is -0.820. The Morgan fingerprint density at radius 3 is 2.25 bits per heavy atom. The molecule has 0 aromatic carbocycles. The zero-order valence-electron chi connectivity index (χ0n) is 9.69. The largest absolute Gasteiger partial charge is 0.405 e. The van der Waals surface area contributed by atoms with Gasteiger partial charge in [-0.1, -0.05) is 0 Å². The number of amides is 1. The maximum atomic E-state index is 11.8. The van der Waals surface area contributed by atoms with Gasteiger partial charge in [0.1, 0.15) is 6.54 Å². The van der Waals surface area contributed by atoms with Crippen molar-refractivity contribution in [2.24, 2.45) is 5.73 Å². The van der Waals surface area contributed by atoms with E-state index in [0.717, 1.165) is 0 Å². The maximum absolute atomic E-state index is 11.8. The molecule has 3 N–H and O–H groups in total. The summed E-state index contributed by atoms with van der Waals surface area (Å²) >= 11 is 0. The Labute approximate surface area is 93.0 Å². The predicted molar refractivity (Wildman–Crippen MR) is 54.8 cm³/mol. The molecule has 0 bridgehead atoms. The van der Waals surface area contributed by atoms with Crippen molar-refractivity contribution in [2.75, 3.05) is 26.7 Å². The quantitative estimate of drug-likeness (QED) is 0.729. The molecule has 0 saturated heterocycles. The second-order valence-electron chi connectivity index (χ2n) is 4.26. The maximum Gasteiger partial charge on any atom is 0.405 e. The predicted octanol–water partition coefficient (Wildman–Crippen LogP) is 0.334. The van der Waals surface area contributed by atoms with Gasteiger partial charge >= 0.3 is 6.18 Å². The van der Waals surface area contributed by atoms with Crippen molar-refractivity contribution in [2.45, 2.75) is 25.6 Å². The second-order valence-corrected chi connectivity index (χ2v) is 4.26. The number of alkyl halides is 3. The molecule has 0 aliphatic carbocycles. The Morgan fingerprint density at radius 1 is 1.38 bits per heavy atom. The molecule has 0 aromatic heterocycles. The average Bonchev–Trinajstić information content (AvgIpc) is 2.13. The van der Waals surface area contributed by atoms with Crippen LogP contribution in [0.3, 0.4) is 0 Å². The molecule has 7 heteroatoms. The molecular weight excluding hydrogens is 223 g/mol. The van der Waals surface area contributed by atoms with E-state index in [1.165, 1.54) is 0 Å². The zero-order valence-corrected chi connectivity index (χ0v) is 9.69. The Balaban J connectivity index is 4.07. The number of hydrogen-bond acceptors (Lipinski definition) is 3. The van der Waals surface area contributed by atoms with Gasteiger partial charge in [0.25, 0.3) is 0 Å². The summed E-state index contributed by atoms with van der Waals surface area (Å²) in [6, 6.07) is 0. The summed E-state index contributed by atoms with van der Waals surface area (Å²) in [6.07, 6.45) is -4.38. The van der Waals surface area contributed by atoms with Crippen LogP contribution in [0.2, 0.25) is 0 Å². The lowest BCUT2D eigenvalue weighted by molar-refractivity contribution is -0.139. The van der Waals surface area contributed by atoms with Crippen LogP contribution in [0, 0.1) is 0 Å². The third kappa shape index (κ3) is 5.92. The Morgan fingerprint density at radius 2 is 1.88 bits per heavy atom. The van der Waals surface area contributed by atoms with Gasteiger partial charge in [-0.15, -0.1) is 0 Å². The molecule has 0 fully saturated rings. The van der Waals surface area contributed by atoms with E-state index in [0.29, 0.717) is 6.54 Å². The van der Waals surface area contributed by atoms with Gasteiger partial charge in [-0.3, -0.25) is 9.69 Å². The first-order valence-electron chi connectivity index (χ1n) is 4.83. The highest BCUT2D eigenvalue weighted by Crippen LogP contribution is 2.12. The SMILES string of the molecule is CN(CC(=O)NCC(F)(F)F)C(C)(C)CN. The van der Waals surface area contributed by atoms with Gasteiger partial charge in [-0.2, -0.15) is 13.2 Å². The number of nitrogens with zero attached hydrogens (tertiary/aromatic N) is 1. The number of nitrogens with one attached hydrogen (secondary N) is 1. The molecule has 0 atom stereocenters. The lowest BCUT2D eigenvalue weighted by atomic mass is 10.0. The average molecular weight is 241 g/mol. The molecule has 0 aromatic rings. The van der Waals surface area contributed by atoms with Crippen LogP contribution in [0.5, 0.6) is 0 Å². The van der Waals surface area contributed by atoms with E-state index in [2.05, 4.69) is 0 Å². The number of halogens is 3. The molecule has 0 unspecified atom stereocenters. The smallest absolute Gasteiger partial charge is 0.346 e. The van der Waals surface area contributed by atoms with Crippen LogP contribution in [0.15, 0.2) is 0 Å². The molecule has 96 valence electrons. The first-order valence-corrected chi connectivity index (χ1v) is 4.83. The van der Waals surface area contributed by atoms with Gasteiger partial charge in [-0.25, -0.2) is 0 Å². The van der Waals surface area contributed by atoms with Crippen LogP contribution >= 0.6 is 0 Å². The molecule has 4 nitrogen and oxygen atoms in total. The number of nitrogens with two attached hydrogens (primary N) is 1. The molecule has 1 amide bonds. The first kappa shape index (κ1) is 15.2. The van der Waals surface area contributed by atoms with Gasteiger partial charge in [0.15, 0.2) is 0 Å². The molecule has 16 heavy (non-hydrogen) atoms. The van der Waals surface area contributed by atoms with Crippen molar-refractivity contribution < 1.29 is 18.0 Å². The summed E-state index contributed by atoms with van der Waals surface area (Å²) < 4.78 is 35.4. The second kappa shape index (κ2) is 5.49. The van der Waals surface area contributed by atoms with E-state index < -0.39 is 24.2 Å². The number of rotatable bonds is 5. The first-order chi connectivity index (χ1) is 7.08. The summed E-state index contributed by atoms with van der Waals surface area (Å²) in [5, 5.41) is 1.80. The summed E-state index contributed by atoms with van der Waals surface area (Å²) in [5.41, 5.74) is 5.05. The van der Waals surface area contributed by atoms with Crippen molar-refractivity contribution in [3.63, 3.8) is 0 Å². The van der Waals surface area contributed by atoms with Crippen LogP contribution in [0.4, 0.5) is 13.2 Å². The topological polar surface area (TPSA) is 58.4 Å². The van der Waals surface area contributed by atoms with Crippen LogP contribution < -0.4 is 11.1 Å². The lowest BCUT2D eigenvalue weighted by Gasteiger charge is -2.33. The molecule has 0 aliphatic heterocycles. The minimum Gasteiger partial charge on any atom is -0.346 e. The van der Waals surface area contributed by atoms with E-state index in [1.54, 1.807) is 17.3 Å². The minimum atomic E-state index is -4.38. The van der Waals surface area contributed by atoms with Crippen molar-refractivity contribution >= 4 is 5.91 Å². The fourth-order valence-corrected chi connectivity index (χ4v) is 0.840. The van der Waals surface area contributed by atoms with Crippen LogP contribution in [0.1, 0.15) is 13.8 Å². The van der Waals surface area contributed by atoms with E-state index in [4.69, 9.17) is 5.73 Å². The van der Waals surface area contributed by atoms with Gasteiger partial charge in [-0.05, 0) is 20.9 Å². The molecule has 0 aliphatic rings. The Kier molecular flexibility index (Phi) is 5.21. The molecule has 0 heterocycles. The lowest BCUT2D eigenvalue weighted by Crippen LogP contribution is -2.51. The zero-order chi connectivity index (χ0) is 13.0. The fraction of sp³-hybridized carbons (Fsp3) is 0.889. The fourth-order valence-electron chi connectivity index (χ4n) is 0.840. The van der Waals surface area contributed by atoms with Crippen molar-refractivity contribution in [1.29, 1.82) is 0 Å². The summed E-state index contributed by atoms with van der Waals surface area (Å²) in [4.78, 5) is 12.8. The van der Waals surface area contributed by atoms with E-state index in [-0.39, 0.29) is 6.54 Å².